The van der Waals surface area contributed by atoms with Gasteiger partial charge < -0.3 is 15.2 Å². The molecular formula is C15H21FN6. The number of hydrogen-bond acceptors (Lipinski definition) is 3. The van der Waals surface area contributed by atoms with E-state index in [1.807, 2.05) is 24.6 Å². The number of hydrogen-bond donors (Lipinski definition) is 2. The molecule has 0 saturated heterocycles. The van der Waals surface area contributed by atoms with Crippen LogP contribution in [0.2, 0.25) is 0 Å². The third kappa shape index (κ3) is 4.28. The van der Waals surface area contributed by atoms with Gasteiger partial charge in [-0.3, -0.25) is 4.99 Å². The topological polar surface area (TPSA) is 67.1 Å². The number of nitrogens with one attached hydrogen (secondary N) is 2. The van der Waals surface area contributed by atoms with Gasteiger partial charge in [0.25, 0.3) is 0 Å². The van der Waals surface area contributed by atoms with Crippen molar-refractivity contribution in [3.8, 4) is 0 Å². The minimum atomic E-state index is -0.211. The lowest BCUT2D eigenvalue weighted by molar-refractivity contribution is 0.625. The van der Waals surface area contributed by atoms with Gasteiger partial charge in [-0.05, 0) is 31.0 Å². The highest BCUT2D eigenvalue weighted by atomic mass is 19.1. The lowest BCUT2D eigenvalue weighted by atomic mass is 10.1. The molecule has 0 aliphatic carbocycles. The molecule has 7 heteroatoms. The van der Waals surface area contributed by atoms with Crippen molar-refractivity contribution in [2.24, 2.45) is 12.0 Å². The molecule has 118 valence electrons. The van der Waals surface area contributed by atoms with Crippen LogP contribution in [-0.4, -0.2) is 34.3 Å². The van der Waals surface area contributed by atoms with Crippen molar-refractivity contribution < 1.29 is 4.39 Å². The monoisotopic (exact) mass is 304 g/mol. The van der Waals surface area contributed by atoms with E-state index in [9.17, 15) is 4.39 Å². The van der Waals surface area contributed by atoms with Crippen molar-refractivity contribution in [2.75, 3.05) is 13.6 Å². The zero-order chi connectivity index (χ0) is 15.9. The Morgan fingerprint density at radius 3 is 2.77 bits per heavy atom. The van der Waals surface area contributed by atoms with Crippen molar-refractivity contribution in [2.45, 2.75) is 19.9 Å². The maximum atomic E-state index is 13.1. The molecule has 2 rings (SSSR count). The van der Waals surface area contributed by atoms with Gasteiger partial charge in [0.1, 0.15) is 11.6 Å². The van der Waals surface area contributed by atoms with Gasteiger partial charge in [-0.1, -0.05) is 12.1 Å². The highest BCUT2D eigenvalue weighted by Gasteiger charge is 2.05. The molecule has 2 N–H and O–H groups in total. The Morgan fingerprint density at radius 1 is 1.32 bits per heavy atom. The zero-order valence-corrected chi connectivity index (χ0v) is 13.1. The molecule has 0 saturated carbocycles. The summed E-state index contributed by atoms with van der Waals surface area (Å²) in [6, 6.07) is 6.61. The van der Waals surface area contributed by atoms with Crippen LogP contribution in [0.3, 0.4) is 0 Å². The minimum Gasteiger partial charge on any atom is -0.356 e. The zero-order valence-electron chi connectivity index (χ0n) is 13.1. The van der Waals surface area contributed by atoms with Gasteiger partial charge in [0, 0.05) is 20.6 Å². The lowest BCUT2D eigenvalue weighted by Gasteiger charge is -2.11. The molecule has 2 aromatic rings. The van der Waals surface area contributed by atoms with Crippen LogP contribution in [0.1, 0.15) is 17.2 Å². The van der Waals surface area contributed by atoms with Crippen molar-refractivity contribution in [3.63, 3.8) is 0 Å². The highest BCUT2D eigenvalue weighted by Crippen LogP contribution is 2.03. The van der Waals surface area contributed by atoms with Gasteiger partial charge in [-0.25, -0.2) is 4.39 Å². The molecular weight excluding hydrogens is 283 g/mol. The maximum absolute atomic E-state index is 13.1. The second kappa shape index (κ2) is 7.53. The standard InChI is InChI=1S/C15H21FN6/c1-11-20-21-14(22(11)3)10-19-15(17-2)18-8-7-12-5-4-6-13(16)9-12/h4-6,9H,7-8,10H2,1-3H3,(H2,17,18,19). The molecule has 0 spiro atoms. The second-order valence-electron chi connectivity index (χ2n) is 4.95. The van der Waals surface area contributed by atoms with Crippen LogP contribution in [0.4, 0.5) is 4.39 Å². The quantitative estimate of drug-likeness (QED) is 0.643. The molecule has 0 unspecified atom stereocenters. The molecule has 0 atom stereocenters. The summed E-state index contributed by atoms with van der Waals surface area (Å²) in [7, 11) is 3.63. The summed E-state index contributed by atoms with van der Waals surface area (Å²) in [5.74, 6) is 2.17. The van der Waals surface area contributed by atoms with E-state index in [4.69, 9.17) is 0 Å². The summed E-state index contributed by atoms with van der Waals surface area (Å²) in [4.78, 5) is 4.15. The SMILES string of the molecule is CN=C(NCCc1cccc(F)c1)NCc1nnc(C)n1C. The molecule has 0 aliphatic rings. The first-order valence-corrected chi connectivity index (χ1v) is 7.14. The van der Waals surface area contributed by atoms with Crippen molar-refractivity contribution in [3.05, 3.63) is 47.3 Å². The fourth-order valence-electron chi connectivity index (χ4n) is 2.01. The van der Waals surface area contributed by atoms with E-state index in [-0.39, 0.29) is 5.82 Å². The van der Waals surface area contributed by atoms with Crippen LogP contribution in [0.15, 0.2) is 29.3 Å². The van der Waals surface area contributed by atoms with Crippen LogP contribution >= 0.6 is 0 Å². The van der Waals surface area contributed by atoms with Gasteiger partial charge >= 0.3 is 0 Å². The van der Waals surface area contributed by atoms with Crippen molar-refractivity contribution >= 4 is 5.96 Å². The van der Waals surface area contributed by atoms with E-state index < -0.39 is 0 Å². The first-order chi connectivity index (χ1) is 10.6. The third-order valence-electron chi connectivity index (χ3n) is 3.42. The number of aromatic nitrogens is 3. The summed E-state index contributed by atoms with van der Waals surface area (Å²) in [6.45, 7) is 3.11. The first kappa shape index (κ1) is 15.9. The first-order valence-electron chi connectivity index (χ1n) is 7.14. The fourth-order valence-corrected chi connectivity index (χ4v) is 2.01. The third-order valence-corrected chi connectivity index (χ3v) is 3.42. The highest BCUT2D eigenvalue weighted by molar-refractivity contribution is 5.79. The van der Waals surface area contributed by atoms with E-state index in [0.29, 0.717) is 19.0 Å². The average Bonchev–Trinajstić information content (AvgIpc) is 2.82. The number of aryl methyl sites for hydroxylation is 1. The summed E-state index contributed by atoms with van der Waals surface area (Å²) >= 11 is 0. The Bertz CT molecular complexity index is 649. The molecule has 22 heavy (non-hydrogen) atoms. The molecule has 0 bridgehead atoms. The molecule has 1 aromatic heterocycles. The lowest BCUT2D eigenvalue weighted by Crippen LogP contribution is -2.38. The van der Waals surface area contributed by atoms with E-state index in [0.717, 1.165) is 23.6 Å². The Labute approximate surface area is 129 Å². The molecule has 1 heterocycles. The van der Waals surface area contributed by atoms with Crippen LogP contribution < -0.4 is 10.6 Å². The fraction of sp³-hybridized carbons (Fsp3) is 0.400. The smallest absolute Gasteiger partial charge is 0.191 e. The Kier molecular flexibility index (Phi) is 5.46. The molecule has 0 amide bonds. The summed E-state index contributed by atoms with van der Waals surface area (Å²) < 4.78 is 15.0. The van der Waals surface area contributed by atoms with Gasteiger partial charge in [0.2, 0.25) is 0 Å². The molecule has 1 aromatic carbocycles. The normalized spacial score (nSPS) is 11.5. The summed E-state index contributed by atoms with van der Waals surface area (Å²) in [6.07, 6.45) is 0.724. The van der Waals surface area contributed by atoms with Crippen LogP contribution in [0.25, 0.3) is 0 Å². The predicted molar refractivity (Wildman–Crippen MR) is 84.0 cm³/mol. The van der Waals surface area contributed by atoms with Gasteiger partial charge in [0.05, 0.1) is 6.54 Å². The number of benzene rings is 1. The molecule has 0 radical (unpaired) electrons. The summed E-state index contributed by atoms with van der Waals surface area (Å²) in [5, 5.41) is 14.5. The number of nitrogens with zero attached hydrogens (tertiary/aromatic N) is 4. The predicted octanol–water partition coefficient (Wildman–Crippen LogP) is 1.17. The van der Waals surface area contributed by atoms with E-state index in [1.54, 1.807) is 19.2 Å². The number of halogens is 1. The molecule has 6 nitrogen and oxygen atoms in total. The van der Waals surface area contributed by atoms with E-state index >= 15 is 0 Å². The van der Waals surface area contributed by atoms with Crippen molar-refractivity contribution in [1.82, 2.24) is 25.4 Å². The van der Waals surface area contributed by atoms with Gasteiger partial charge in [0.15, 0.2) is 11.8 Å². The van der Waals surface area contributed by atoms with Crippen LogP contribution in [0.5, 0.6) is 0 Å². The number of guanidine groups is 1. The number of aliphatic imine (C=N–C) groups is 1. The van der Waals surface area contributed by atoms with E-state index in [1.165, 1.54) is 6.07 Å². The van der Waals surface area contributed by atoms with Gasteiger partial charge in [-0.2, -0.15) is 0 Å². The second-order valence-corrected chi connectivity index (χ2v) is 4.95. The molecule has 0 fully saturated rings. The Hall–Kier alpha value is -2.44. The minimum absolute atomic E-state index is 0.211. The summed E-state index contributed by atoms with van der Waals surface area (Å²) in [5.41, 5.74) is 0.951. The Morgan fingerprint density at radius 2 is 2.14 bits per heavy atom. The molecule has 0 aliphatic heterocycles. The Balaban J connectivity index is 1.79. The van der Waals surface area contributed by atoms with Crippen LogP contribution in [-0.2, 0) is 20.0 Å². The largest absolute Gasteiger partial charge is 0.356 e. The van der Waals surface area contributed by atoms with Crippen LogP contribution in [0, 0.1) is 12.7 Å². The van der Waals surface area contributed by atoms with E-state index in [2.05, 4.69) is 25.8 Å². The number of rotatable bonds is 5. The van der Waals surface area contributed by atoms with Gasteiger partial charge in [-0.15, -0.1) is 10.2 Å². The average molecular weight is 304 g/mol. The maximum Gasteiger partial charge on any atom is 0.191 e. The van der Waals surface area contributed by atoms with Crippen molar-refractivity contribution in [1.29, 1.82) is 0 Å².